The summed E-state index contributed by atoms with van der Waals surface area (Å²) in [5.41, 5.74) is 4.47. The summed E-state index contributed by atoms with van der Waals surface area (Å²) >= 11 is 0. The van der Waals surface area contributed by atoms with E-state index in [4.69, 9.17) is 0 Å². The zero-order chi connectivity index (χ0) is 20.9. The highest BCUT2D eigenvalue weighted by Gasteiger charge is 2.22. The van der Waals surface area contributed by atoms with Gasteiger partial charge in [-0.1, -0.05) is 36.4 Å². The Morgan fingerprint density at radius 1 is 1.07 bits per heavy atom. The van der Waals surface area contributed by atoms with Gasteiger partial charge in [-0.3, -0.25) is 9.69 Å². The number of piperidine rings is 1. The Labute approximate surface area is 178 Å². The molecule has 1 saturated heterocycles. The molecule has 0 spiro atoms. The third-order valence-electron chi connectivity index (χ3n) is 6.07. The van der Waals surface area contributed by atoms with Gasteiger partial charge in [-0.2, -0.15) is 0 Å². The molecule has 1 amide bonds. The zero-order valence-electron chi connectivity index (χ0n) is 17.8. The first-order chi connectivity index (χ1) is 14.6. The molecule has 0 bridgehead atoms. The number of hydrogen-bond donors (Lipinski definition) is 1. The number of carbonyl (C=O) groups is 1. The summed E-state index contributed by atoms with van der Waals surface area (Å²) < 4.78 is 2.27. The van der Waals surface area contributed by atoms with Crippen LogP contribution in [0.2, 0.25) is 0 Å². The Morgan fingerprint density at radius 3 is 2.57 bits per heavy atom. The van der Waals surface area contributed by atoms with Crippen molar-refractivity contribution in [3.63, 3.8) is 0 Å². The number of likely N-dealkylation sites (tertiary alicyclic amines) is 1. The molecule has 5 nitrogen and oxygen atoms in total. The largest absolute Gasteiger partial charge is 0.331 e. The van der Waals surface area contributed by atoms with E-state index in [1.165, 1.54) is 11.1 Å². The van der Waals surface area contributed by atoms with Crippen LogP contribution in [0.15, 0.2) is 60.9 Å². The predicted molar refractivity (Wildman–Crippen MR) is 121 cm³/mol. The maximum absolute atomic E-state index is 12.5. The minimum atomic E-state index is 0.0673. The van der Waals surface area contributed by atoms with E-state index in [2.05, 4.69) is 70.1 Å². The summed E-state index contributed by atoms with van der Waals surface area (Å²) in [6, 6.07) is 16.4. The Kier molecular flexibility index (Phi) is 6.29. The molecule has 1 N–H and O–H groups in total. The van der Waals surface area contributed by atoms with Gasteiger partial charge in [0.25, 0.3) is 0 Å². The van der Waals surface area contributed by atoms with Gasteiger partial charge in [-0.15, -0.1) is 0 Å². The average molecular weight is 403 g/mol. The summed E-state index contributed by atoms with van der Waals surface area (Å²) in [7, 11) is 0. The first kappa shape index (κ1) is 20.4. The fourth-order valence-corrected chi connectivity index (χ4v) is 4.13. The smallest absolute Gasteiger partial charge is 0.238 e. The molecule has 2 heterocycles. The molecule has 0 saturated carbocycles. The van der Waals surface area contributed by atoms with Gasteiger partial charge in [0, 0.05) is 30.2 Å². The fraction of sp³-hybridized carbons (Fsp3) is 0.360. The zero-order valence-corrected chi connectivity index (χ0v) is 17.8. The van der Waals surface area contributed by atoms with Gasteiger partial charge in [0.1, 0.15) is 5.82 Å². The summed E-state index contributed by atoms with van der Waals surface area (Å²) in [6.07, 6.45) is 6.16. The predicted octanol–water partition coefficient (Wildman–Crippen LogP) is 4.52. The van der Waals surface area contributed by atoms with Crippen molar-refractivity contribution in [3.8, 4) is 11.4 Å². The SMILES string of the molecule is Cc1ccc(NC(=O)CN2CCC(Cn3ccnc3-c3ccccc3)CC2)cc1C. The van der Waals surface area contributed by atoms with Crippen molar-refractivity contribution in [3.05, 3.63) is 72.1 Å². The molecule has 1 aromatic heterocycles. The normalized spacial score (nSPS) is 15.3. The van der Waals surface area contributed by atoms with Crippen LogP contribution < -0.4 is 5.32 Å². The van der Waals surface area contributed by atoms with E-state index >= 15 is 0 Å². The van der Waals surface area contributed by atoms with E-state index in [-0.39, 0.29) is 5.91 Å². The van der Waals surface area contributed by atoms with E-state index in [9.17, 15) is 4.79 Å². The van der Waals surface area contributed by atoms with Gasteiger partial charge in [0.05, 0.1) is 6.54 Å². The molecule has 0 atom stereocenters. The summed E-state index contributed by atoms with van der Waals surface area (Å²) in [5.74, 6) is 1.71. The number of rotatable bonds is 6. The maximum atomic E-state index is 12.5. The summed E-state index contributed by atoms with van der Waals surface area (Å²) in [4.78, 5) is 19.3. The van der Waals surface area contributed by atoms with Crippen LogP contribution in [0.25, 0.3) is 11.4 Å². The number of benzene rings is 2. The van der Waals surface area contributed by atoms with Crippen molar-refractivity contribution < 1.29 is 4.79 Å². The van der Waals surface area contributed by atoms with Crippen molar-refractivity contribution in [2.45, 2.75) is 33.2 Å². The van der Waals surface area contributed by atoms with Crippen molar-refractivity contribution in [1.82, 2.24) is 14.5 Å². The minimum absolute atomic E-state index is 0.0673. The van der Waals surface area contributed by atoms with Gasteiger partial charge < -0.3 is 9.88 Å². The van der Waals surface area contributed by atoms with Crippen LogP contribution in [0, 0.1) is 19.8 Å². The quantitative estimate of drug-likeness (QED) is 0.660. The highest BCUT2D eigenvalue weighted by atomic mass is 16.2. The monoisotopic (exact) mass is 402 g/mol. The Hall–Kier alpha value is -2.92. The lowest BCUT2D eigenvalue weighted by Gasteiger charge is -2.31. The molecule has 4 rings (SSSR count). The van der Waals surface area contributed by atoms with Crippen molar-refractivity contribution in [1.29, 1.82) is 0 Å². The molecule has 5 heteroatoms. The van der Waals surface area contributed by atoms with Gasteiger partial charge in [-0.25, -0.2) is 4.98 Å². The molecule has 1 aliphatic heterocycles. The number of anilines is 1. The number of amides is 1. The van der Waals surface area contributed by atoms with Gasteiger partial charge in [-0.05, 0) is 69.0 Å². The van der Waals surface area contributed by atoms with Crippen molar-refractivity contribution in [2.75, 3.05) is 25.0 Å². The van der Waals surface area contributed by atoms with Crippen LogP contribution in [-0.4, -0.2) is 40.0 Å². The first-order valence-corrected chi connectivity index (χ1v) is 10.7. The topological polar surface area (TPSA) is 50.2 Å². The second-order valence-electron chi connectivity index (χ2n) is 8.34. The van der Waals surface area contributed by atoms with Crippen LogP contribution in [0.3, 0.4) is 0 Å². The van der Waals surface area contributed by atoms with E-state index in [0.717, 1.165) is 49.6 Å². The molecule has 0 radical (unpaired) electrons. The van der Waals surface area contributed by atoms with Gasteiger partial charge >= 0.3 is 0 Å². The van der Waals surface area contributed by atoms with Crippen molar-refractivity contribution in [2.24, 2.45) is 5.92 Å². The average Bonchev–Trinajstić information content (AvgIpc) is 3.21. The first-order valence-electron chi connectivity index (χ1n) is 10.7. The molecular weight excluding hydrogens is 372 g/mol. The van der Waals surface area contributed by atoms with Gasteiger partial charge in [0.2, 0.25) is 5.91 Å². The van der Waals surface area contributed by atoms with Crippen molar-refractivity contribution >= 4 is 11.6 Å². The van der Waals surface area contributed by atoms with Crippen LogP contribution in [0.1, 0.15) is 24.0 Å². The Bertz CT molecular complexity index is 987. The number of carbonyl (C=O) groups excluding carboxylic acids is 1. The molecule has 156 valence electrons. The maximum Gasteiger partial charge on any atom is 0.238 e. The summed E-state index contributed by atoms with van der Waals surface area (Å²) in [6.45, 7) is 7.50. The van der Waals surface area contributed by atoms with Crippen LogP contribution in [-0.2, 0) is 11.3 Å². The Morgan fingerprint density at radius 2 is 1.83 bits per heavy atom. The van der Waals surface area contributed by atoms with E-state index in [1.54, 1.807) is 0 Å². The molecule has 30 heavy (non-hydrogen) atoms. The lowest BCUT2D eigenvalue weighted by atomic mass is 9.96. The fourth-order valence-electron chi connectivity index (χ4n) is 4.13. The molecule has 0 aliphatic carbocycles. The number of aryl methyl sites for hydroxylation is 2. The number of nitrogens with zero attached hydrogens (tertiary/aromatic N) is 3. The lowest BCUT2D eigenvalue weighted by molar-refractivity contribution is -0.117. The van der Waals surface area contributed by atoms with E-state index in [0.29, 0.717) is 12.5 Å². The number of imidazole rings is 1. The highest BCUT2D eigenvalue weighted by Crippen LogP contribution is 2.23. The van der Waals surface area contributed by atoms with E-state index < -0.39 is 0 Å². The van der Waals surface area contributed by atoms with Gasteiger partial charge in [0.15, 0.2) is 0 Å². The molecular formula is C25H30N4O. The number of nitrogens with one attached hydrogen (secondary N) is 1. The third-order valence-corrected chi connectivity index (χ3v) is 6.07. The molecule has 0 unspecified atom stereocenters. The lowest BCUT2D eigenvalue weighted by Crippen LogP contribution is -2.40. The second kappa shape index (κ2) is 9.26. The number of hydrogen-bond acceptors (Lipinski definition) is 3. The summed E-state index contributed by atoms with van der Waals surface area (Å²) in [5, 5.41) is 3.04. The standard InChI is InChI=1S/C25H30N4O/c1-19-8-9-23(16-20(19)2)27-24(30)18-28-13-10-21(11-14-28)17-29-15-12-26-25(29)22-6-4-3-5-7-22/h3-9,12,15-16,21H,10-11,13-14,17-18H2,1-2H3,(H,27,30). The molecule has 2 aromatic carbocycles. The highest BCUT2D eigenvalue weighted by molar-refractivity contribution is 5.92. The third kappa shape index (κ3) is 4.97. The van der Waals surface area contributed by atoms with Crippen LogP contribution in [0.4, 0.5) is 5.69 Å². The van der Waals surface area contributed by atoms with E-state index in [1.807, 2.05) is 24.4 Å². The number of aromatic nitrogens is 2. The minimum Gasteiger partial charge on any atom is -0.331 e. The molecule has 1 fully saturated rings. The van der Waals surface area contributed by atoms with Crippen LogP contribution in [0.5, 0.6) is 0 Å². The second-order valence-corrected chi connectivity index (χ2v) is 8.34. The Balaban J connectivity index is 1.27. The molecule has 3 aromatic rings. The molecule has 1 aliphatic rings. The van der Waals surface area contributed by atoms with Crippen LogP contribution >= 0.6 is 0 Å².